The maximum absolute atomic E-state index is 13.1. The predicted molar refractivity (Wildman–Crippen MR) is 292 cm³/mol. The van der Waals surface area contributed by atoms with Gasteiger partial charge in [-0.25, -0.2) is 29.1 Å². The number of benzene rings is 2. The maximum atomic E-state index is 13.1. The molecule has 0 saturated carbocycles. The lowest BCUT2D eigenvalue weighted by atomic mass is 9.99. The standard InChI is InChI=1S/C26H34N2O7.C23H28N2O7.C5H10O.2C2H6/c1-15-20-21(17-11-16(31-8)9-10-18(17)27-15)32-14-26(33-20)12-19(22(29)34-24(2,3)4)28(13-26)23(30)35-25(5,6)7;1-13-18-19(15-9-14(28-5)7-8-16(15)24-13)30-12-23(31-18)10-17(20(26)29-6)25(11-23)21(27)32-22(2,3)4;1-5-3-2-4-6-5;2*1-2/h9-11,19H,12-14H2,1-8H3;7-9,17H,10-12H2,1-6H3;5H,2-4H2,1H3;2*1-2H3/t19-,26+;17-,23+;;;/m00.../s1. The summed E-state index contributed by atoms with van der Waals surface area (Å²) < 4.78 is 63.0. The molecule has 77 heavy (non-hydrogen) atoms. The molecule has 0 bridgehead atoms. The number of aromatic nitrogens is 2. The summed E-state index contributed by atoms with van der Waals surface area (Å²) in [5, 5.41) is 1.54. The van der Waals surface area contributed by atoms with Crippen molar-refractivity contribution < 1.29 is 71.3 Å². The summed E-state index contributed by atoms with van der Waals surface area (Å²) in [6, 6.07) is 9.40. The first-order valence-electron chi connectivity index (χ1n) is 26.7. The van der Waals surface area contributed by atoms with Gasteiger partial charge >= 0.3 is 24.1 Å². The molecule has 2 spiro atoms. The van der Waals surface area contributed by atoms with Crippen LogP contribution in [0.2, 0.25) is 0 Å². The molecule has 9 rings (SSSR count). The zero-order valence-corrected chi connectivity index (χ0v) is 49.0. The smallest absolute Gasteiger partial charge is 0.411 e. The number of amides is 2. The van der Waals surface area contributed by atoms with Crippen molar-refractivity contribution in [2.45, 2.75) is 183 Å². The summed E-state index contributed by atoms with van der Waals surface area (Å²) >= 11 is 0. The van der Waals surface area contributed by atoms with Crippen LogP contribution in [0.4, 0.5) is 9.59 Å². The van der Waals surface area contributed by atoms with Crippen LogP contribution < -0.4 is 28.4 Å². The molecule has 19 nitrogen and oxygen atoms in total. The van der Waals surface area contributed by atoms with Crippen molar-refractivity contribution in [3.05, 3.63) is 47.8 Å². The van der Waals surface area contributed by atoms with Gasteiger partial charge in [0.15, 0.2) is 34.2 Å². The van der Waals surface area contributed by atoms with Gasteiger partial charge in [-0.1, -0.05) is 27.7 Å². The average Bonchev–Trinajstić information content (AvgIpc) is 4.14. The van der Waals surface area contributed by atoms with Crippen molar-refractivity contribution in [3.63, 3.8) is 0 Å². The van der Waals surface area contributed by atoms with E-state index in [0.717, 1.165) is 28.4 Å². The van der Waals surface area contributed by atoms with Gasteiger partial charge in [0.25, 0.3) is 0 Å². The topological polar surface area (TPSA) is 202 Å². The van der Waals surface area contributed by atoms with E-state index in [2.05, 4.69) is 16.9 Å². The van der Waals surface area contributed by atoms with Crippen LogP contribution in [0.3, 0.4) is 0 Å². The Morgan fingerprint density at radius 2 is 1.00 bits per heavy atom. The first-order chi connectivity index (χ1) is 36.1. The number of hydrogen-bond donors (Lipinski definition) is 0. The predicted octanol–water partition coefficient (Wildman–Crippen LogP) is 10.9. The molecule has 5 aliphatic heterocycles. The Morgan fingerprint density at radius 1 is 0.597 bits per heavy atom. The van der Waals surface area contributed by atoms with Gasteiger partial charge < -0.3 is 52.1 Å². The second-order valence-electron chi connectivity index (χ2n) is 22.2. The molecule has 0 N–H and O–H groups in total. The zero-order valence-electron chi connectivity index (χ0n) is 49.0. The third-order valence-corrected chi connectivity index (χ3v) is 12.5. The number of carbonyl (C=O) groups is 4. The molecule has 5 atom stereocenters. The van der Waals surface area contributed by atoms with E-state index < -0.39 is 64.2 Å². The van der Waals surface area contributed by atoms with Gasteiger partial charge in [0, 0.05) is 30.2 Å². The number of pyridine rings is 2. The van der Waals surface area contributed by atoms with E-state index in [1.165, 1.54) is 29.8 Å². The lowest BCUT2D eigenvalue weighted by Crippen LogP contribution is -2.49. The Labute approximate surface area is 454 Å². The lowest BCUT2D eigenvalue weighted by molar-refractivity contribution is -0.160. The average molecular weight is 1080 g/mol. The minimum atomic E-state index is -0.954. The number of fused-ring (bicyclic) bond motifs is 6. The normalized spacial score (nSPS) is 22.0. The van der Waals surface area contributed by atoms with Crippen LogP contribution in [0.5, 0.6) is 34.5 Å². The molecule has 0 aliphatic carbocycles. The molecule has 2 aromatic carbocycles. The number of hydrogen-bond acceptors (Lipinski definition) is 17. The fraction of sp³-hybridized carbons (Fsp3) is 0.621. The van der Waals surface area contributed by atoms with Gasteiger partial charge in [-0.3, -0.25) is 9.80 Å². The van der Waals surface area contributed by atoms with E-state index in [0.29, 0.717) is 52.0 Å². The molecular weight excluding hydrogens is 993 g/mol. The van der Waals surface area contributed by atoms with E-state index in [9.17, 15) is 19.2 Å². The van der Waals surface area contributed by atoms with E-state index >= 15 is 0 Å². The highest BCUT2D eigenvalue weighted by Gasteiger charge is 2.57. The van der Waals surface area contributed by atoms with Crippen molar-refractivity contribution in [1.29, 1.82) is 0 Å². The van der Waals surface area contributed by atoms with Gasteiger partial charge in [0.05, 0.1) is 62.9 Å². The Balaban J connectivity index is 0.000000242. The Morgan fingerprint density at radius 3 is 1.32 bits per heavy atom. The van der Waals surface area contributed by atoms with Crippen molar-refractivity contribution in [3.8, 4) is 34.5 Å². The van der Waals surface area contributed by atoms with Gasteiger partial charge in [-0.05, 0) is 132 Å². The zero-order chi connectivity index (χ0) is 57.4. The van der Waals surface area contributed by atoms with Crippen LogP contribution in [0.15, 0.2) is 36.4 Å². The highest BCUT2D eigenvalue weighted by Crippen LogP contribution is 2.48. The number of carbonyl (C=O) groups excluding carboxylic acids is 4. The summed E-state index contributed by atoms with van der Waals surface area (Å²) in [5.74, 6) is 2.45. The van der Waals surface area contributed by atoms with Crippen LogP contribution in [-0.4, -0.2) is 144 Å². The molecule has 426 valence electrons. The first-order valence-corrected chi connectivity index (χ1v) is 26.7. The second kappa shape index (κ2) is 24.9. The van der Waals surface area contributed by atoms with Crippen LogP contribution in [0.1, 0.15) is 134 Å². The van der Waals surface area contributed by atoms with Crippen LogP contribution >= 0.6 is 0 Å². The molecule has 19 heteroatoms. The van der Waals surface area contributed by atoms with Crippen molar-refractivity contribution >= 4 is 45.9 Å². The molecule has 0 radical (unpaired) electrons. The number of aryl methyl sites for hydroxylation is 2. The van der Waals surface area contributed by atoms with E-state index in [1.54, 1.807) is 76.5 Å². The number of methoxy groups -OCH3 is 3. The fourth-order valence-corrected chi connectivity index (χ4v) is 9.25. The number of ether oxygens (including phenoxy) is 11. The van der Waals surface area contributed by atoms with E-state index in [-0.39, 0.29) is 39.1 Å². The van der Waals surface area contributed by atoms with Crippen molar-refractivity contribution in [2.24, 2.45) is 0 Å². The Bertz CT molecular complexity index is 2680. The fourth-order valence-electron chi connectivity index (χ4n) is 9.25. The molecule has 4 aromatic rings. The lowest BCUT2D eigenvalue weighted by Gasteiger charge is -2.36. The summed E-state index contributed by atoms with van der Waals surface area (Å²) in [5.41, 5.74) is -1.19. The molecule has 3 saturated heterocycles. The third-order valence-electron chi connectivity index (χ3n) is 12.5. The number of esters is 2. The van der Waals surface area contributed by atoms with Crippen molar-refractivity contribution in [2.75, 3.05) is 54.2 Å². The number of nitrogens with zero attached hydrogens (tertiary/aromatic N) is 4. The van der Waals surface area contributed by atoms with E-state index in [4.69, 9.17) is 52.1 Å². The molecule has 3 fully saturated rings. The summed E-state index contributed by atoms with van der Waals surface area (Å²) in [6.07, 6.45) is 2.30. The van der Waals surface area contributed by atoms with Crippen molar-refractivity contribution in [1.82, 2.24) is 19.8 Å². The largest absolute Gasteiger partial charge is 0.497 e. The minimum absolute atomic E-state index is 0.112. The minimum Gasteiger partial charge on any atom is -0.497 e. The molecule has 7 heterocycles. The SMILES string of the molecule is CC.CC.CC1CCCO1.COC(=O)[C@@H]1C[C@]2(COc3c(c(C)nc4ccc(OC)cc34)O2)CN1C(=O)OC(C)(C)C.COc1ccc2nc(C)c3c(c2c1)OC[C@]1(C[C@@H](C(=O)OC(C)(C)C)N(C(=O)OC(C)(C)C)C1)O3. The molecular formula is C58H84N4O15. The number of rotatable bonds is 4. The highest BCUT2D eigenvalue weighted by atomic mass is 16.6. The molecule has 2 amide bonds. The van der Waals surface area contributed by atoms with E-state index in [1.807, 2.05) is 77.9 Å². The summed E-state index contributed by atoms with van der Waals surface area (Å²) in [7, 11) is 4.49. The van der Waals surface area contributed by atoms with Gasteiger partial charge in [-0.15, -0.1) is 0 Å². The molecule has 2 aromatic heterocycles. The summed E-state index contributed by atoms with van der Waals surface area (Å²) in [6.45, 7) is 31.4. The third kappa shape index (κ3) is 15.0. The molecule has 5 aliphatic rings. The maximum Gasteiger partial charge on any atom is 0.411 e. The quantitative estimate of drug-likeness (QED) is 0.138. The summed E-state index contributed by atoms with van der Waals surface area (Å²) in [4.78, 5) is 63.6. The van der Waals surface area contributed by atoms with Gasteiger partial charge in [0.1, 0.15) is 53.6 Å². The Hall–Kier alpha value is -6.50. The monoisotopic (exact) mass is 1080 g/mol. The second-order valence-corrected chi connectivity index (χ2v) is 22.2. The highest BCUT2D eigenvalue weighted by molar-refractivity contribution is 5.91. The van der Waals surface area contributed by atoms with Crippen LogP contribution in [0, 0.1) is 13.8 Å². The van der Waals surface area contributed by atoms with Gasteiger partial charge in [-0.2, -0.15) is 0 Å². The number of likely N-dealkylation sites (tertiary alicyclic amines) is 2. The Kier molecular flexibility index (Phi) is 19.8. The van der Waals surface area contributed by atoms with Crippen LogP contribution in [-0.2, 0) is 33.3 Å². The molecule has 1 unspecified atom stereocenters. The van der Waals surface area contributed by atoms with Gasteiger partial charge in [0.2, 0.25) is 0 Å². The first kappa shape index (κ1) is 61.4. The van der Waals surface area contributed by atoms with Crippen LogP contribution in [0.25, 0.3) is 21.8 Å².